The first kappa shape index (κ1) is 12.2. The van der Waals surface area contributed by atoms with E-state index in [0.29, 0.717) is 18.4 Å². The van der Waals surface area contributed by atoms with Crippen molar-refractivity contribution in [3.05, 3.63) is 41.7 Å². The molecule has 0 bridgehead atoms. The Morgan fingerprint density at radius 3 is 2.53 bits per heavy atom. The highest BCUT2D eigenvalue weighted by Crippen LogP contribution is 2.20. The lowest BCUT2D eigenvalue weighted by Crippen LogP contribution is -2.19. The molecule has 1 aliphatic rings. The highest BCUT2D eigenvalue weighted by atomic mass is 19.2. The number of rotatable bonds is 4. The van der Waals surface area contributed by atoms with Gasteiger partial charge in [-0.1, -0.05) is 0 Å². The van der Waals surface area contributed by atoms with Crippen molar-refractivity contribution in [2.75, 3.05) is 0 Å². The van der Waals surface area contributed by atoms with E-state index in [4.69, 9.17) is 0 Å². The minimum atomic E-state index is -1.48. The van der Waals surface area contributed by atoms with E-state index >= 15 is 0 Å². The van der Waals surface area contributed by atoms with Crippen LogP contribution >= 0.6 is 0 Å². The molecular formula is C12H11F3N4. The summed E-state index contributed by atoms with van der Waals surface area (Å²) in [4.78, 5) is 4.02. The second-order valence-electron chi connectivity index (χ2n) is 4.47. The van der Waals surface area contributed by atoms with Crippen molar-refractivity contribution in [1.29, 1.82) is 0 Å². The maximum Gasteiger partial charge on any atom is 0.194 e. The summed E-state index contributed by atoms with van der Waals surface area (Å²) in [5.41, 5.74) is 0.112. The maximum atomic E-state index is 13.2. The van der Waals surface area contributed by atoms with Crippen molar-refractivity contribution in [2.45, 2.75) is 25.4 Å². The van der Waals surface area contributed by atoms with E-state index in [1.54, 1.807) is 0 Å². The summed E-state index contributed by atoms with van der Waals surface area (Å²) in [6.07, 6.45) is 3.53. The van der Waals surface area contributed by atoms with Gasteiger partial charge in [-0.3, -0.25) is 0 Å². The van der Waals surface area contributed by atoms with Crippen LogP contribution in [0.3, 0.4) is 0 Å². The average Bonchev–Trinajstić information content (AvgIpc) is 3.10. The first-order chi connectivity index (χ1) is 9.15. The quantitative estimate of drug-likeness (QED) is 0.862. The Labute approximate surface area is 107 Å². The second kappa shape index (κ2) is 4.65. The fraction of sp³-hybridized carbons (Fsp3) is 0.333. The molecule has 1 aromatic heterocycles. The molecule has 1 aliphatic carbocycles. The minimum absolute atomic E-state index is 0.112. The van der Waals surface area contributed by atoms with Gasteiger partial charge in [0.15, 0.2) is 17.5 Å². The van der Waals surface area contributed by atoms with Crippen LogP contribution in [0.5, 0.6) is 0 Å². The number of hydrogen-bond donors (Lipinski definition) is 1. The largest absolute Gasteiger partial charge is 0.307 e. The van der Waals surface area contributed by atoms with Gasteiger partial charge in [0.25, 0.3) is 0 Å². The van der Waals surface area contributed by atoms with Crippen molar-refractivity contribution >= 4 is 0 Å². The summed E-state index contributed by atoms with van der Waals surface area (Å²) in [6, 6.07) is 2.27. The number of aromatic nitrogens is 3. The molecule has 1 heterocycles. The predicted octanol–water partition coefficient (Wildman–Crippen LogP) is 1.94. The van der Waals surface area contributed by atoms with E-state index in [9.17, 15) is 13.2 Å². The summed E-state index contributed by atoms with van der Waals surface area (Å²) < 4.78 is 40.6. The first-order valence-corrected chi connectivity index (χ1v) is 5.92. The molecule has 1 saturated carbocycles. The standard InChI is InChI=1S/C12H11F3N4/c13-9-3-8(4-10(14)12(9)15)19-11(17-6-18-19)5-16-7-1-2-7/h3-4,6-7,16H,1-2,5H2. The van der Waals surface area contributed by atoms with Crippen LogP contribution in [-0.4, -0.2) is 20.8 Å². The van der Waals surface area contributed by atoms with Crippen LogP contribution in [0.2, 0.25) is 0 Å². The minimum Gasteiger partial charge on any atom is -0.307 e. The Bertz CT molecular complexity index is 584. The van der Waals surface area contributed by atoms with Gasteiger partial charge in [-0.05, 0) is 12.8 Å². The molecule has 1 N–H and O–H groups in total. The van der Waals surface area contributed by atoms with E-state index in [1.165, 1.54) is 11.0 Å². The Morgan fingerprint density at radius 2 is 1.89 bits per heavy atom. The third kappa shape index (κ3) is 2.46. The van der Waals surface area contributed by atoms with E-state index in [-0.39, 0.29) is 5.69 Å². The number of nitrogens with one attached hydrogen (secondary N) is 1. The topological polar surface area (TPSA) is 42.7 Å². The molecule has 0 amide bonds. The second-order valence-corrected chi connectivity index (χ2v) is 4.47. The summed E-state index contributed by atoms with van der Waals surface area (Å²) in [6.45, 7) is 0.450. The van der Waals surface area contributed by atoms with Crippen LogP contribution in [0.1, 0.15) is 18.7 Å². The van der Waals surface area contributed by atoms with Gasteiger partial charge in [0, 0.05) is 18.2 Å². The van der Waals surface area contributed by atoms with Gasteiger partial charge in [0.05, 0.1) is 12.2 Å². The number of halogens is 3. The SMILES string of the molecule is Fc1cc(-n2ncnc2CNC2CC2)cc(F)c1F. The van der Waals surface area contributed by atoms with E-state index in [2.05, 4.69) is 15.4 Å². The molecule has 0 saturated heterocycles. The molecule has 1 aromatic carbocycles. The van der Waals surface area contributed by atoms with Gasteiger partial charge < -0.3 is 5.32 Å². The molecule has 7 heteroatoms. The lowest BCUT2D eigenvalue weighted by Gasteiger charge is -2.07. The Morgan fingerprint density at radius 1 is 1.21 bits per heavy atom. The fourth-order valence-corrected chi connectivity index (χ4v) is 1.79. The van der Waals surface area contributed by atoms with E-state index in [0.717, 1.165) is 25.0 Å². The van der Waals surface area contributed by atoms with Gasteiger partial charge in [-0.2, -0.15) is 5.10 Å². The summed E-state index contributed by atoms with van der Waals surface area (Å²) >= 11 is 0. The summed E-state index contributed by atoms with van der Waals surface area (Å²) in [7, 11) is 0. The Balaban J connectivity index is 1.90. The Hall–Kier alpha value is -1.89. The molecule has 19 heavy (non-hydrogen) atoms. The monoisotopic (exact) mass is 268 g/mol. The highest BCUT2D eigenvalue weighted by Gasteiger charge is 2.21. The molecule has 1 fully saturated rings. The van der Waals surface area contributed by atoms with Gasteiger partial charge in [0.2, 0.25) is 0 Å². The van der Waals surface area contributed by atoms with Gasteiger partial charge >= 0.3 is 0 Å². The van der Waals surface area contributed by atoms with Crippen LogP contribution < -0.4 is 5.32 Å². The molecule has 0 radical (unpaired) electrons. The molecule has 3 rings (SSSR count). The van der Waals surface area contributed by atoms with Crippen molar-refractivity contribution in [1.82, 2.24) is 20.1 Å². The first-order valence-electron chi connectivity index (χ1n) is 5.92. The predicted molar refractivity (Wildman–Crippen MR) is 61.1 cm³/mol. The third-order valence-corrected chi connectivity index (χ3v) is 2.96. The van der Waals surface area contributed by atoms with Crippen LogP contribution in [0, 0.1) is 17.5 Å². The van der Waals surface area contributed by atoms with Crippen molar-refractivity contribution in [2.24, 2.45) is 0 Å². The van der Waals surface area contributed by atoms with Gasteiger partial charge in [-0.25, -0.2) is 22.8 Å². The molecule has 4 nitrogen and oxygen atoms in total. The van der Waals surface area contributed by atoms with Crippen LogP contribution in [0.25, 0.3) is 5.69 Å². The zero-order valence-electron chi connectivity index (χ0n) is 9.91. The molecule has 0 aliphatic heterocycles. The molecule has 2 aromatic rings. The fourth-order valence-electron chi connectivity index (χ4n) is 1.79. The highest BCUT2D eigenvalue weighted by molar-refractivity contribution is 5.33. The lowest BCUT2D eigenvalue weighted by molar-refractivity contribution is 0.445. The average molecular weight is 268 g/mol. The zero-order valence-corrected chi connectivity index (χ0v) is 9.91. The maximum absolute atomic E-state index is 13.2. The number of nitrogens with zero attached hydrogens (tertiary/aromatic N) is 3. The Kier molecular flexibility index (Phi) is 2.98. The normalized spacial score (nSPS) is 14.9. The van der Waals surface area contributed by atoms with Crippen LogP contribution in [0.4, 0.5) is 13.2 Å². The summed E-state index contributed by atoms with van der Waals surface area (Å²) in [5.74, 6) is -3.45. The lowest BCUT2D eigenvalue weighted by atomic mass is 10.3. The number of hydrogen-bond acceptors (Lipinski definition) is 3. The van der Waals surface area contributed by atoms with Crippen molar-refractivity contribution in [3.63, 3.8) is 0 Å². The smallest absolute Gasteiger partial charge is 0.194 e. The molecule has 0 atom stereocenters. The molecule has 0 spiro atoms. The van der Waals surface area contributed by atoms with Crippen LogP contribution in [-0.2, 0) is 6.54 Å². The van der Waals surface area contributed by atoms with Crippen LogP contribution in [0.15, 0.2) is 18.5 Å². The molecular weight excluding hydrogens is 257 g/mol. The molecule has 0 unspecified atom stereocenters. The van der Waals surface area contributed by atoms with Crippen molar-refractivity contribution < 1.29 is 13.2 Å². The van der Waals surface area contributed by atoms with Gasteiger partial charge in [0.1, 0.15) is 12.2 Å². The third-order valence-electron chi connectivity index (χ3n) is 2.96. The van der Waals surface area contributed by atoms with Crippen molar-refractivity contribution in [3.8, 4) is 5.69 Å². The van der Waals surface area contributed by atoms with Gasteiger partial charge in [-0.15, -0.1) is 0 Å². The number of benzene rings is 1. The zero-order chi connectivity index (χ0) is 13.4. The van der Waals surface area contributed by atoms with E-state index < -0.39 is 17.5 Å². The summed E-state index contributed by atoms with van der Waals surface area (Å²) in [5, 5.41) is 7.13. The molecule has 100 valence electrons. The van der Waals surface area contributed by atoms with E-state index in [1.807, 2.05) is 0 Å².